The fraction of sp³-hybridized carbons (Fsp3) is 0. The van der Waals surface area contributed by atoms with Crippen molar-refractivity contribution in [3.05, 3.63) is 132 Å². The lowest BCUT2D eigenvalue weighted by Crippen LogP contribution is -1.85. The van der Waals surface area contributed by atoms with E-state index in [2.05, 4.69) is 143 Å². The summed E-state index contributed by atoms with van der Waals surface area (Å²) in [4.78, 5) is 0. The van der Waals surface area contributed by atoms with Crippen molar-refractivity contribution in [2.45, 2.75) is 0 Å². The molecular formula is C36H21BrO. The van der Waals surface area contributed by atoms with Gasteiger partial charge in [0.15, 0.2) is 0 Å². The van der Waals surface area contributed by atoms with Gasteiger partial charge in [-0.15, -0.1) is 0 Å². The molecule has 0 N–H and O–H groups in total. The second-order valence-electron chi connectivity index (χ2n) is 9.85. The minimum absolute atomic E-state index is 0.908. The van der Waals surface area contributed by atoms with Crippen molar-refractivity contribution in [2.24, 2.45) is 0 Å². The molecule has 0 aliphatic heterocycles. The topological polar surface area (TPSA) is 13.1 Å². The van der Waals surface area contributed by atoms with Crippen LogP contribution in [0.2, 0.25) is 0 Å². The van der Waals surface area contributed by atoms with Gasteiger partial charge in [0.1, 0.15) is 11.2 Å². The molecule has 0 radical (unpaired) electrons. The van der Waals surface area contributed by atoms with E-state index in [9.17, 15) is 0 Å². The summed E-state index contributed by atoms with van der Waals surface area (Å²) in [6, 6.07) is 45.7. The second-order valence-corrected chi connectivity index (χ2v) is 10.8. The number of para-hydroxylation sites is 1. The summed E-state index contributed by atoms with van der Waals surface area (Å²) >= 11 is 3.54. The van der Waals surface area contributed by atoms with Crippen molar-refractivity contribution >= 4 is 70.2 Å². The molecule has 0 spiro atoms. The zero-order chi connectivity index (χ0) is 25.2. The summed E-state index contributed by atoms with van der Waals surface area (Å²) < 4.78 is 7.49. The number of hydrogen-bond acceptors (Lipinski definition) is 1. The van der Waals surface area contributed by atoms with E-state index in [4.69, 9.17) is 4.42 Å². The monoisotopic (exact) mass is 548 g/mol. The SMILES string of the molecule is Brc1ccc(-c2cccc3c2oc2ccc(-c4ccc5c6ccccc6c6ccccc6c5c4)cc23)cc1. The third-order valence-electron chi connectivity index (χ3n) is 7.73. The first-order valence-corrected chi connectivity index (χ1v) is 13.6. The van der Waals surface area contributed by atoms with E-state index in [1.165, 1.54) is 43.4 Å². The van der Waals surface area contributed by atoms with E-state index in [1.54, 1.807) is 0 Å². The van der Waals surface area contributed by atoms with Crippen LogP contribution in [0, 0.1) is 0 Å². The summed E-state index contributed by atoms with van der Waals surface area (Å²) in [6.45, 7) is 0. The van der Waals surface area contributed by atoms with Crippen LogP contribution in [-0.2, 0) is 0 Å². The summed E-state index contributed by atoms with van der Waals surface area (Å²) in [5.41, 5.74) is 6.48. The van der Waals surface area contributed by atoms with Crippen LogP contribution >= 0.6 is 15.9 Å². The number of furan rings is 1. The van der Waals surface area contributed by atoms with Crippen LogP contribution in [0.1, 0.15) is 0 Å². The van der Waals surface area contributed by atoms with Crippen LogP contribution in [0.15, 0.2) is 136 Å². The maximum atomic E-state index is 6.42. The minimum atomic E-state index is 0.908. The average Bonchev–Trinajstić information content (AvgIpc) is 3.36. The largest absolute Gasteiger partial charge is 0.455 e. The third-order valence-corrected chi connectivity index (χ3v) is 8.26. The van der Waals surface area contributed by atoms with Crippen molar-refractivity contribution < 1.29 is 4.42 Å². The van der Waals surface area contributed by atoms with Crippen molar-refractivity contribution in [3.8, 4) is 22.3 Å². The van der Waals surface area contributed by atoms with Crippen LogP contribution < -0.4 is 0 Å². The Bertz CT molecular complexity index is 2150. The quantitative estimate of drug-likeness (QED) is 0.196. The Balaban J connectivity index is 1.35. The van der Waals surface area contributed by atoms with Gasteiger partial charge in [-0.1, -0.05) is 113 Å². The first-order chi connectivity index (χ1) is 18.7. The number of halogens is 1. The van der Waals surface area contributed by atoms with E-state index in [0.29, 0.717) is 0 Å². The molecule has 0 bridgehead atoms. The Morgan fingerprint density at radius 2 is 0.921 bits per heavy atom. The smallest absolute Gasteiger partial charge is 0.143 e. The van der Waals surface area contributed by atoms with E-state index in [-0.39, 0.29) is 0 Å². The lowest BCUT2D eigenvalue weighted by molar-refractivity contribution is 0.670. The first-order valence-electron chi connectivity index (χ1n) is 12.8. The van der Waals surface area contributed by atoms with Gasteiger partial charge in [-0.3, -0.25) is 0 Å². The highest BCUT2D eigenvalue weighted by molar-refractivity contribution is 9.10. The van der Waals surface area contributed by atoms with Gasteiger partial charge in [-0.2, -0.15) is 0 Å². The highest BCUT2D eigenvalue weighted by Gasteiger charge is 2.14. The predicted molar refractivity (Wildman–Crippen MR) is 165 cm³/mol. The molecule has 1 nitrogen and oxygen atoms in total. The summed E-state index contributed by atoms with van der Waals surface area (Å²) in [5.74, 6) is 0. The molecule has 0 saturated heterocycles. The number of fused-ring (bicyclic) bond motifs is 9. The molecule has 0 aliphatic rings. The molecule has 38 heavy (non-hydrogen) atoms. The van der Waals surface area contributed by atoms with Crippen molar-refractivity contribution in [2.75, 3.05) is 0 Å². The third kappa shape index (κ3) is 3.24. The molecule has 0 amide bonds. The molecule has 1 heterocycles. The molecule has 178 valence electrons. The molecule has 7 aromatic carbocycles. The fourth-order valence-corrected chi connectivity index (χ4v) is 6.19. The Hall–Kier alpha value is -4.40. The molecule has 8 rings (SSSR count). The summed E-state index contributed by atoms with van der Waals surface area (Å²) in [5, 5.41) is 10.0. The summed E-state index contributed by atoms with van der Waals surface area (Å²) in [7, 11) is 0. The van der Waals surface area contributed by atoms with Crippen molar-refractivity contribution in [1.29, 1.82) is 0 Å². The maximum Gasteiger partial charge on any atom is 0.143 e. The zero-order valence-electron chi connectivity index (χ0n) is 20.4. The van der Waals surface area contributed by atoms with Gasteiger partial charge in [-0.25, -0.2) is 0 Å². The normalized spacial score (nSPS) is 11.8. The van der Waals surface area contributed by atoms with E-state index < -0.39 is 0 Å². The van der Waals surface area contributed by atoms with Gasteiger partial charge >= 0.3 is 0 Å². The summed E-state index contributed by atoms with van der Waals surface area (Å²) in [6.07, 6.45) is 0. The molecule has 0 aliphatic carbocycles. The standard InChI is InChI=1S/C36H21BrO/c37-25-16-12-22(13-17-25)26-10-5-11-32-34-21-24(15-19-35(34)38-36(26)32)23-14-18-31-29-8-2-1-6-27(29)28-7-3-4-9-30(28)33(31)20-23/h1-21H. The van der Waals surface area contributed by atoms with Gasteiger partial charge in [0, 0.05) is 20.8 Å². The van der Waals surface area contributed by atoms with Gasteiger partial charge in [0.25, 0.3) is 0 Å². The second kappa shape index (κ2) is 8.31. The van der Waals surface area contributed by atoms with Gasteiger partial charge in [-0.05, 0) is 79.3 Å². The number of hydrogen-bond donors (Lipinski definition) is 0. The van der Waals surface area contributed by atoms with Crippen LogP contribution in [0.5, 0.6) is 0 Å². The first kappa shape index (κ1) is 21.7. The lowest BCUT2D eigenvalue weighted by Gasteiger charge is -2.12. The molecular weight excluding hydrogens is 528 g/mol. The Labute approximate surface area is 228 Å². The maximum absolute atomic E-state index is 6.42. The van der Waals surface area contributed by atoms with E-state index in [1.807, 2.05) is 0 Å². The van der Waals surface area contributed by atoms with Crippen molar-refractivity contribution in [1.82, 2.24) is 0 Å². The molecule has 2 heteroatoms. The van der Waals surface area contributed by atoms with Crippen LogP contribution in [0.4, 0.5) is 0 Å². The van der Waals surface area contributed by atoms with Crippen molar-refractivity contribution in [3.63, 3.8) is 0 Å². The molecule has 8 aromatic rings. The Morgan fingerprint density at radius 1 is 0.395 bits per heavy atom. The van der Waals surface area contributed by atoms with Crippen LogP contribution in [0.25, 0.3) is 76.5 Å². The van der Waals surface area contributed by atoms with Gasteiger partial charge in [0.05, 0.1) is 0 Å². The molecule has 0 unspecified atom stereocenters. The number of rotatable bonds is 2. The molecule has 1 aromatic heterocycles. The number of benzene rings is 7. The van der Waals surface area contributed by atoms with E-state index in [0.717, 1.165) is 37.5 Å². The Kier molecular flexibility index (Phi) is 4.74. The predicted octanol–water partition coefficient (Wildman–Crippen LogP) is 11.1. The zero-order valence-corrected chi connectivity index (χ0v) is 22.0. The Morgan fingerprint density at radius 3 is 1.61 bits per heavy atom. The average molecular weight is 549 g/mol. The minimum Gasteiger partial charge on any atom is -0.455 e. The van der Waals surface area contributed by atoms with Crippen LogP contribution in [0.3, 0.4) is 0 Å². The lowest BCUT2D eigenvalue weighted by atomic mass is 9.92. The van der Waals surface area contributed by atoms with Crippen LogP contribution in [-0.4, -0.2) is 0 Å². The molecule has 0 fully saturated rings. The highest BCUT2D eigenvalue weighted by atomic mass is 79.9. The molecule has 0 atom stereocenters. The highest BCUT2D eigenvalue weighted by Crippen LogP contribution is 2.40. The van der Waals surface area contributed by atoms with Gasteiger partial charge < -0.3 is 4.42 Å². The van der Waals surface area contributed by atoms with E-state index >= 15 is 0 Å². The fourth-order valence-electron chi connectivity index (χ4n) is 5.92. The van der Waals surface area contributed by atoms with Gasteiger partial charge in [0.2, 0.25) is 0 Å². The molecule has 0 saturated carbocycles.